The van der Waals surface area contributed by atoms with Crippen molar-refractivity contribution in [1.29, 1.82) is 0 Å². The maximum Gasteiger partial charge on any atom is 0.235 e. The first-order valence-corrected chi connectivity index (χ1v) is 6.36. The molecule has 0 unspecified atom stereocenters. The third-order valence-electron chi connectivity index (χ3n) is 3.76. The summed E-state index contributed by atoms with van der Waals surface area (Å²) in [7, 11) is 0. The van der Waals surface area contributed by atoms with Crippen molar-refractivity contribution in [3.8, 4) is 0 Å². The van der Waals surface area contributed by atoms with E-state index >= 15 is 0 Å². The van der Waals surface area contributed by atoms with E-state index in [-0.39, 0.29) is 5.54 Å². The van der Waals surface area contributed by atoms with Crippen LogP contribution in [0.15, 0.2) is 29.3 Å². The number of benzene rings is 1. The summed E-state index contributed by atoms with van der Waals surface area (Å²) in [6.07, 6.45) is 3.61. The highest BCUT2D eigenvalue weighted by molar-refractivity contribution is 5.50. The molecular weight excluding hydrogens is 228 g/mol. The molecule has 1 aliphatic heterocycles. The fourth-order valence-corrected chi connectivity index (χ4v) is 2.47. The number of aliphatic imine (C=N–C) groups is 1. The van der Waals surface area contributed by atoms with Crippen LogP contribution in [0.3, 0.4) is 0 Å². The molecule has 94 valence electrons. The van der Waals surface area contributed by atoms with E-state index in [0.717, 1.165) is 44.7 Å². The zero-order chi connectivity index (χ0) is 12.4. The number of ether oxygens (including phenoxy) is 1. The lowest BCUT2D eigenvalue weighted by Gasteiger charge is -2.29. The van der Waals surface area contributed by atoms with Crippen molar-refractivity contribution >= 4 is 11.8 Å². The first kappa shape index (κ1) is 11.5. The largest absolute Gasteiger partial charge is 0.378 e. The Bertz CT molecular complexity index is 467. The maximum absolute atomic E-state index is 10.4. The van der Waals surface area contributed by atoms with Gasteiger partial charge in [-0.2, -0.15) is 4.99 Å². The second kappa shape index (κ2) is 4.56. The van der Waals surface area contributed by atoms with Gasteiger partial charge >= 0.3 is 0 Å². The SMILES string of the molecule is O=C=NC1(c2ccc(N3CCOCC3)cc2)CC1. The Morgan fingerprint density at radius 1 is 1.17 bits per heavy atom. The number of hydrogen-bond acceptors (Lipinski definition) is 4. The topological polar surface area (TPSA) is 41.9 Å². The lowest BCUT2D eigenvalue weighted by atomic mass is 10.0. The Balaban J connectivity index is 1.78. The number of morpholine rings is 1. The highest BCUT2D eigenvalue weighted by Crippen LogP contribution is 2.49. The van der Waals surface area contributed by atoms with Gasteiger partial charge < -0.3 is 9.64 Å². The Labute approximate surface area is 106 Å². The van der Waals surface area contributed by atoms with E-state index in [4.69, 9.17) is 4.74 Å². The lowest BCUT2D eigenvalue weighted by Crippen LogP contribution is -2.36. The molecule has 3 rings (SSSR count). The highest BCUT2D eigenvalue weighted by atomic mass is 16.5. The van der Waals surface area contributed by atoms with Gasteiger partial charge in [-0.3, -0.25) is 0 Å². The minimum Gasteiger partial charge on any atom is -0.378 e. The molecule has 1 heterocycles. The van der Waals surface area contributed by atoms with Crippen molar-refractivity contribution in [2.24, 2.45) is 4.99 Å². The van der Waals surface area contributed by atoms with E-state index in [1.165, 1.54) is 5.69 Å². The number of nitrogens with zero attached hydrogens (tertiary/aromatic N) is 2. The third-order valence-corrected chi connectivity index (χ3v) is 3.76. The summed E-state index contributed by atoms with van der Waals surface area (Å²) in [6.45, 7) is 3.47. The van der Waals surface area contributed by atoms with Gasteiger partial charge in [0, 0.05) is 18.8 Å². The van der Waals surface area contributed by atoms with Crippen LogP contribution in [0.1, 0.15) is 18.4 Å². The lowest BCUT2D eigenvalue weighted by molar-refractivity contribution is 0.122. The second-order valence-electron chi connectivity index (χ2n) is 4.88. The predicted molar refractivity (Wildman–Crippen MR) is 68.5 cm³/mol. The van der Waals surface area contributed by atoms with Crippen LogP contribution >= 0.6 is 0 Å². The van der Waals surface area contributed by atoms with Crippen LogP contribution in [0, 0.1) is 0 Å². The molecule has 2 fully saturated rings. The molecule has 0 atom stereocenters. The summed E-state index contributed by atoms with van der Waals surface area (Å²) in [5.74, 6) is 0. The van der Waals surface area contributed by atoms with Gasteiger partial charge in [0.2, 0.25) is 6.08 Å². The van der Waals surface area contributed by atoms with E-state index in [1.54, 1.807) is 6.08 Å². The molecule has 1 aliphatic carbocycles. The number of isocyanates is 1. The summed E-state index contributed by atoms with van der Waals surface area (Å²) in [6, 6.07) is 8.39. The first-order valence-electron chi connectivity index (χ1n) is 6.36. The van der Waals surface area contributed by atoms with E-state index in [2.05, 4.69) is 34.2 Å². The third kappa shape index (κ3) is 2.05. The van der Waals surface area contributed by atoms with Gasteiger partial charge in [0.15, 0.2) is 0 Å². The molecule has 0 aromatic heterocycles. The minimum atomic E-state index is -0.259. The van der Waals surface area contributed by atoms with Gasteiger partial charge in [-0.15, -0.1) is 0 Å². The molecule has 0 spiro atoms. The summed E-state index contributed by atoms with van der Waals surface area (Å²) in [5, 5.41) is 0. The van der Waals surface area contributed by atoms with Gasteiger partial charge in [0.1, 0.15) is 0 Å². The van der Waals surface area contributed by atoms with Crippen LogP contribution in [0.5, 0.6) is 0 Å². The summed E-state index contributed by atoms with van der Waals surface area (Å²) in [5.41, 5.74) is 2.08. The van der Waals surface area contributed by atoms with Gasteiger partial charge in [0.05, 0.1) is 18.8 Å². The van der Waals surface area contributed by atoms with Crippen molar-refractivity contribution < 1.29 is 9.53 Å². The van der Waals surface area contributed by atoms with Crippen LogP contribution in [-0.4, -0.2) is 32.4 Å². The Kier molecular flexibility index (Phi) is 2.90. The zero-order valence-electron chi connectivity index (χ0n) is 10.3. The van der Waals surface area contributed by atoms with Crippen LogP contribution in [0.4, 0.5) is 5.69 Å². The smallest absolute Gasteiger partial charge is 0.235 e. The van der Waals surface area contributed by atoms with Crippen LogP contribution < -0.4 is 4.90 Å². The number of hydrogen-bond donors (Lipinski definition) is 0. The first-order chi connectivity index (χ1) is 8.84. The molecular formula is C14H16N2O2. The molecule has 0 amide bonds. The Morgan fingerprint density at radius 3 is 2.39 bits per heavy atom. The molecule has 1 aromatic rings. The van der Waals surface area contributed by atoms with E-state index in [1.807, 2.05) is 0 Å². The zero-order valence-corrected chi connectivity index (χ0v) is 10.3. The molecule has 4 heteroatoms. The molecule has 2 aliphatic rings. The van der Waals surface area contributed by atoms with Gasteiger partial charge in [0.25, 0.3) is 0 Å². The van der Waals surface area contributed by atoms with Crippen LogP contribution in [0.2, 0.25) is 0 Å². The normalized spacial score (nSPS) is 21.2. The van der Waals surface area contributed by atoms with Gasteiger partial charge in [-0.25, -0.2) is 4.79 Å². The molecule has 0 bridgehead atoms. The van der Waals surface area contributed by atoms with Gasteiger partial charge in [-0.1, -0.05) is 12.1 Å². The fourth-order valence-electron chi connectivity index (χ4n) is 2.47. The van der Waals surface area contributed by atoms with Crippen molar-refractivity contribution in [2.75, 3.05) is 31.2 Å². The van der Waals surface area contributed by atoms with Crippen molar-refractivity contribution in [2.45, 2.75) is 18.4 Å². The van der Waals surface area contributed by atoms with Crippen LogP contribution in [-0.2, 0) is 15.1 Å². The standard InChI is InChI=1S/C14H16N2O2/c17-11-15-14(5-6-14)12-1-3-13(4-2-12)16-7-9-18-10-8-16/h1-4H,5-10H2. The monoisotopic (exact) mass is 244 g/mol. The predicted octanol–water partition coefficient (Wildman–Crippen LogP) is 1.85. The minimum absolute atomic E-state index is 0.259. The maximum atomic E-state index is 10.4. The number of carbonyl (C=O) groups excluding carboxylic acids is 1. The Morgan fingerprint density at radius 2 is 1.83 bits per heavy atom. The molecule has 4 nitrogen and oxygen atoms in total. The second-order valence-corrected chi connectivity index (χ2v) is 4.88. The Hall–Kier alpha value is -1.64. The summed E-state index contributed by atoms with van der Waals surface area (Å²) < 4.78 is 5.34. The number of anilines is 1. The summed E-state index contributed by atoms with van der Waals surface area (Å²) >= 11 is 0. The quantitative estimate of drug-likeness (QED) is 0.602. The van der Waals surface area contributed by atoms with Crippen molar-refractivity contribution in [3.05, 3.63) is 29.8 Å². The molecule has 0 N–H and O–H groups in total. The van der Waals surface area contributed by atoms with Crippen molar-refractivity contribution in [3.63, 3.8) is 0 Å². The molecule has 18 heavy (non-hydrogen) atoms. The highest BCUT2D eigenvalue weighted by Gasteiger charge is 2.44. The number of rotatable bonds is 3. The fraction of sp³-hybridized carbons (Fsp3) is 0.500. The molecule has 1 aromatic carbocycles. The van der Waals surface area contributed by atoms with Gasteiger partial charge in [-0.05, 0) is 30.5 Å². The summed E-state index contributed by atoms with van der Waals surface area (Å²) in [4.78, 5) is 16.7. The molecule has 1 saturated heterocycles. The average Bonchev–Trinajstić information content (AvgIpc) is 3.21. The van der Waals surface area contributed by atoms with E-state index < -0.39 is 0 Å². The van der Waals surface area contributed by atoms with Crippen LogP contribution in [0.25, 0.3) is 0 Å². The van der Waals surface area contributed by atoms with E-state index in [0.29, 0.717) is 0 Å². The average molecular weight is 244 g/mol. The molecule has 0 radical (unpaired) electrons. The molecule has 1 saturated carbocycles. The van der Waals surface area contributed by atoms with E-state index in [9.17, 15) is 4.79 Å². The van der Waals surface area contributed by atoms with Crippen molar-refractivity contribution in [1.82, 2.24) is 0 Å².